The van der Waals surface area contributed by atoms with Gasteiger partial charge in [-0.25, -0.2) is 33.5 Å². The van der Waals surface area contributed by atoms with Crippen LogP contribution in [0.3, 0.4) is 0 Å². The number of nitrogens with one attached hydrogen (secondary N) is 6. The summed E-state index contributed by atoms with van der Waals surface area (Å²) in [7, 11) is 4.31. The molecule has 0 amide bonds. The van der Waals surface area contributed by atoms with Crippen molar-refractivity contribution in [2.45, 2.75) is 33.2 Å². The Morgan fingerprint density at radius 1 is 0.471 bits per heavy atom. The number of ether oxygens (including phenoxy) is 6. The Bertz CT molecular complexity index is 4870. The van der Waals surface area contributed by atoms with Gasteiger partial charge in [0.1, 0.15) is 43.7 Å². The van der Waals surface area contributed by atoms with Gasteiger partial charge in [-0.15, -0.1) is 15.3 Å². The van der Waals surface area contributed by atoms with Crippen LogP contribution in [0.4, 0.5) is 17.1 Å². The number of hydrogen-bond donors (Lipinski definition) is 9. The number of aryl methyl sites for hydroxylation is 2. The Kier molecular flexibility index (Phi) is 22.8. The zero-order valence-corrected chi connectivity index (χ0v) is 58.8. The van der Waals surface area contributed by atoms with Crippen LogP contribution >= 0.6 is 0 Å². The maximum atomic E-state index is 9.23. The van der Waals surface area contributed by atoms with Crippen molar-refractivity contribution in [3.05, 3.63) is 180 Å². The van der Waals surface area contributed by atoms with Crippen LogP contribution in [0.1, 0.15) is 57.9 Å². The molecule has 5 aliphatic rings. The summed E-state index contributed by atoms with van der Waals surface area (Å²) in [6, 6.07) is 20.7. The van der Waals surface area contributed by atoms with Crippen molar-refractivity contribution in [1.29, 1.82) is 16.2 Å². The third kappa shape index (κ3) is 16.2. The largest absolute Gasteiger partial charge is 0.491 e. The van der Waals surface area contributed by atoms with Crippen LogP contribution in [0.5, 0.6) is 17.6 Å². The van der Waals surface area contributed by atoms with Gasteiger partial charge in [-0.05, 0) is 94.9 Å². The highest BCUT2D eigenvalue weighted by molar-refractivity contribution is 6.55. The molecule has 30 nitrogen and oxygen atoms in total. The molecule has 2 fully saturated rings. The minimum atomic E-state index is -0.137. The van der Waals surface area contributed by atoms with Crippen LogP contribution in [0.2, 0.25) is 0 Å². The summed E-state index contributed by atoms with van der Waals surface area (Å²) in [5, 5.41) is 67.4. The lowest BCUT2D eigenvalue weighted by Gasteiger charge is -2.32. The van der Waals surface area contributed by atoms with E-state index in [-0.39, 0.29) is 39.6 Å². The first-order chi connectivity index (χ1) is 50.8. The zero-order valence-electron chi connectivity index (χ0n) is 58.8. The summed E-state index contributed by atoms with van der Waals surface area (Å²) in [4.78, 5) is 37.8. The zero-order chi connectivity index (χ0) is 72.1. The average molecular weight is 1410 g/mol. The Morgan fingerprint density at radius 2 is 0.894 bits per heavy atom. The summed E-state index contributed by atoms with van der Waals surface area (Å²) >= 11 is 0. The first-order valence-electron chi connectivity index (χ1n) is 34.9. The number of aliphatic hydroxyl groups excluding tert-OH is 3. The van der Waals surface area contributed by atoms with Crippen molar-refractivity contribution < 1.29 is 43.7 Å². The molecule has 10 aromatic rings. The summed E-state index contributed by atoms with van der Waals surface area (Å²) in [5.41, 5.74) is 12.7. The molecule has 0 aromatic carbocycles. The molecule has 0 atom stereocenters. The molecule has 542 valence electrons. The van der Waals surface area contributed by atoms with Crippen LogP contribution in [-0.2, 0) is 20.8 Å². The average Bonchev–Trinajstić information content (AvgIpc) is 1.59. The predicted octanol–water partition coefficient (Wildman–Crippen LogP) is 7.42. The lowest BCUT2D eigenvalue weighted by molar-refractivity contribution is 0.127. The number of H-pyrrole nitrogens is 3. The number of nitrogens with zero attached hydrogens (tertiary/aromatic N) is 15. The van der Waals surface area contributed by atoms with E-state index in [9.17, 15) is 15.3 Å². The minimum Gasteiger partial charge on any atom is -0.491 e. The van der Waals surface area contributed by atoms with E-state index in [1.54, 1.807) is 50.5 Å². The third-order valence-corrected chi connectivity index (χ3v) is 18.3. The van der Waals surface area contributed by atoms with Crippen LogP contribution in [0.25, 0.3) is 33.8 Å². The second kappa shape index (κ2) is 33.3. The number of likely N-dealkylation sites (N-methyl/N-ethyl adjacent to an activating group) is 2. The van der Waals surface area contributed by atoms with Gasteiger partial charge in [-0.1, -0.05) is 18.2 Å². The lowest BCUT2D eigenvalue weighted by atomic mass is 9.95. The number of hydrogen-bond acceptors (Lipinski definition) is 23. The Balaban J connectivity index is 0.000000139. The molecule has 0 spiro atoms. The van der Waals surface area contributed by atoms with Crippen molar-refractivity contribution in [1.82, 2.24) is 72.9 Å². The molecule has 104 heavy (non-hydrogen) atoms. The van der Waals surface area contributed by atoms with Crippen LogP contribution in [0, 0.1) is 30.1 Å². The smallest absolute Gasteiger partial charge is 0.260 e. The highest BCUT2D eigenvalue weighted by Gasteiger charge is 2.31. The van der Waals surface area contributed by atoms with E-state index in [0.29, 0.717) is 106 Å². The molecule has 2 aliphatic heterocycles. The second-order valence-electron chi connectivity index (χ2n) is 25.4. The summed E-state index contributed by atoms with van der Waals surface area (Å²) < 4.78 is 42.6. The van der Waals surface area contributed by atoms with E-state index in [4.69, 9.17) is 59.6 Å². The maximum Gasteiger partial charge on any atom is 0.260 e. The van der Waals surface area contributed by atoms with E-state index in [1.165, 1.54) is 0 Å². The number of rotatable bonds is 26. The quantitative estimate of drug-likeness (QED) is 0.0238. The van der Waals surface area contributed by atoms with Crippen molar-refractivity contribution >= 4 is 85.2 Å². The molecule has 0 unspecified atom stereocenters. The SMILES string of the molecule is CN1CCN(CCCOC2=CC(=Nc3c(OCCO)nn4ccccc34)C(=N)c3cc[nH]c32)CC1.CN1CCN(CCOC2=CC(=Nc3c(OCCO)nn4ccccc34)C(=N)c3cc[nH]c32)CC1.Cc1[nH]c2c(c1C)C(=N)C(=Nc1c(OCCO)nn3ccccc13)C=C2OCCCn1ccnc1. The van der Waals surface area contributed by atoms with E-state index >= 15 is 0 Å². The van der Waals surface area contributed by atoms with Crippen LogP contribution in [0.15, 0.2) is 150 Å². The molecule has 0 saturated carbocycles. The Labute approximate surface area is 600 Å². The standard InChI is InChI=1S/C25H27N7O3.C25H31N7O3.C24H29N7O3/c1-16-17(2)28-24-20(34-12-5-8-31-10-7-27-15-31)14-18(22(26)21(16)24)29-23-19-6-3-4-9-32(19)30-25(23)35-13-11-33;1-30-10-12-31(13-11-30)8-4-15-34-21-17-19(22(26)18-6-7-27-23(18)21)28-24-20-5-2-3-9-32(20)29-25(24)35-16-14-33;1-29-8-10-30(11-9-29)12-14-33-20-16-18(21(25)17-5-6-26-22(17)20)27-23-19-4-2-3-7-31(19)28-24(23)34-15-13-32/h3-4,6-7,9-10,14-15,26,28,33H,5,8,11-13H2,1-2H3;2-3,5-7,9,17,26-27,33H,4,8,10-16H2,1H3;2-7,16,25-26,32H,8-15H2,1H3. The van der Waals surface area contributed by atoms with Crippen molar-refractivity contribution in [2.24, 2.45) is 15.0 Å². The number of aromatic amines is 3. The normalized spacial score (nSPS) is 17.0. The second-order valence-corrected chi connectivity index (χ2v) is 25.4. The van der Waals surface area contributed by atoms with Crippen molar-refractivity contribution in [3.8, 4) is 17.6 Å². The number of aromatic nitrogens is 11. The van der Waals surface area contributed by atoms with E-state index < -0.39 is 0 Å². The Morgan fingerprint density at radius 3 is 1.34 bits per heavy atom. The topological polar surface area (TPSA) is 355 Å². The number of imidazole rings is 1. The number of piperazine rings is 2. The fraction of sp³-hybridized carbons (Fsp3) is 0.351. The van der Waals surface area contributed by atoms with Gasteiger partial charge in [0.2, 0.25) is 0 Å². The third-order valence-electron chi connectivity index (χ3n) is 18.3. The van der Waals surface area contributed by atoms with E-state index in [1.807, 2.05) is 116 Å². The summed E-state index contributed by atoms with van der Waals surface area (Å²) in [6.45, 7) is 16.8. The number of aliphatic hydroxyl groups is 3. The number of pyridine rings is 3. The molecule has 0 bridgehead atoms. The monoisotopic (exact) mass is 1410 g/mol. The highest BCUT2D eigenvalue weighted by atomic mass is 16.5. The van der Waals surface area contributed by atoms with Gasteiger partial charge >= 0.3 is 0 Å². The molecule has 10 aromatic heterocycles. The maximum absolute atomic E-state index is 9.23. The van der Waals surface area contributed by atoms with Crippen molar-refractivity contribution in [3.63, 3.8) is 0 Å². The molecular formula is C74H87N21O9. The van der Waals surface area contributed by atoms with Crippen LogP contribution in [-0.4, -0.2) is 262 Å². The number of aliphatic imine (C=N–C) groups is 3. The lowest BCUT2D eigenvalue weighted by Crippen LogP contribution is -2.45. The molecule has 12 heterocycles. The van der Waals surface area contributed by atoms with Crippen LogP contribution < -0.4 is 14.2 Å². The molecular weight excluding hydrogens is 1330 g/mol. The predicted molar refractivity (Wildman–Crippen MR) is 398 cm³/mol. The fourth-order valence-electron chi connectivity index (χ4n) is 12.6. The molecule has 0 radical (unpaired) electrons. The number of fused-ring (bicyclic) bond motifs is 6. The van der Waals surface area contributed by atoms with Gasteiger partial charge < -0.3 is 78.0 Å². The summed E-state index contributed by atoms with van der Waals surface area (Å²) in [5.74, 6) is 2.91. The highest BCUT2D eigenvalue weighted by Crippen LogP contribution is 2.39. The molecule has 9 N–H and O–H groups in total. The molecule has 2 saturated heterocycles. The van der Waals surface area contributed by atoms with E-state index in [2.05, 4.69) is 68.9 Å². The van der Waals surface area contributed by atoms with Gasteiger partial charge in [-0.3, -0.25) is 21.1 Å². The van der Waals surface area contributed by atoms with Gasteiger partial charge in [-0.2, -0.15) is 0 Å². The number of allylic oxidation sites excluding steroid dienone is 3. The molecule has 15 rings (SSSR count). The summed E-state index contributed by atoms with van der Waals surface area (Å²) in [6.07, 6.45) is 21.6. The van der Waals surface area contributed by atoms with Gasteiger partial charge in [0.05, 0.1) is 107 Å². The molecule has 30 heteroatoms. The van der Waals surface area contributed by atoms with Gasteiger partial charge in [0, 0.05) is 156 Å². The van der Waals surface area contributed by atoms with Crippen molar-refractivity contribution in [2.75, 3.05) is 139 Å². The van der Waals surface area contributed by atoms with E-state index in [0.717, 1.165) is 146 Å². The first kappa shape index (κ1) is 71.3. The Hall–Kier alpha value is -11.1. The van der Waals surface area contributed by atoms with Gasteiger partial charge in [0.15, 0.2) is 17.1 Å². The van der Waals surface area contributed by atoms with Gasteiger partial charge in [0.25, 0.3) is 17.6 Å². The fourth-order valence-corrected chi connectivity index (χ4v) is 12.6. The minimum absolute atomic E-state index is 0.0978. The first-order valence-corrected chi connectivity index (χ1v) is 34.9. The molecule has 3 aliphatic carbocycles.